The van der Waals surface area contributed by atoms with Gasteiger partial charge in [-0.05, 0) is 38.3 Å². The maximum Gasteiger partial charge on any atom is 0.326 e. The fourth-order valence-corrected chi connectivity index (χ4v) is 2.24. The van der Waals surface area contributed by atoms with Crippen LogP contribution in [0.3, 0.4) is 0 Å². The minimum atomic E-state index is -1.14. The van der Waals surface area contributed by atoms with Gasteiger partial charge in [0, 0.05) is 12.8 Å². The second kappa shape index (κ2) is 8.52. The van der Waals surface area contributed by atoms with E-state index in [4.69, 9.17) is 5.11 Å². The van der Waals surface area contributed by atoms with Gasteiger partial charge in [0.25, 0.3) is 0 Å². The van der Waals surface area contributed by atoms with Gasteiger partial charge < -0.3 is 20.5 Å². The lowest BCUT2D eigenvalue weighted by Gasteiger charge is -2.23. The van der Waals surface area contributed by atoms with Crippen LogP contribution in [0.1, 0.15) is 32.1 Å². The maximum absolute atomic E-state index is 11.8. The Balaban J connectivity index is 2.37. The second-order valence-corrected chi connectivity index (χ2v) is 4.99. The number of hydrogen-bond donors (Lipinski definition) is 3. The summed E-state index contributed by atoms with van der Waals surface area (Å²) in [6, 6.07) is -1.04. The molecule has 1 saturated heterocycles. The first-order chi connectivity index (χ1) is 9.52. The molecule has 0 saturated carbocycles. The number of carboxylic acids is 1. The van der Waals surface area contributed by atoms with E-state index in [1.54, 1.807) is 0 Å². The fraction of sp³-hybridized carbons (Fsp3) is 0.769. The third kappa shape index (κ3) is 6.01. The van der Waals surface area contributed by atoms with E-state index in [9.17, 15) is 14.4 Å². The lowest BCUT2D eigenvalue weighted by molar-refractivity contribution is -0.144. The third-order valence-corrected chi connectivity index (χ3v) is 3.37. The number of hydrogen-bond acceptors (Lipinski definition) is 5. The number of ether oxygens (including phenoxy) is 1. The summed E-state index contributed by atoms with van der Waals surface area (Å²) < 4.78 is 4.45. The lowest BCUT2D eigenvalue weighted by atomic mass is 9.95. The van der Waals surface area contributed by atoms with Crippen molar-refractivity contribution in [2.45, 2.75) is 38.1 Å². The summed E-state index contributed by atoms with van der Waals surface area (Å²) >= 11 is 0. The number of carbonyl (C=O) groups is 3. The molecule has 1 unspecified atom stereocenters. The quantitative estimate of drug-likeness (QED) is 0.564. The SMILES string of the molecule is COC(=O)CC[C@@H](NC(=O)CC1CCCNC1)C(=O)O. The van der Waals surface area contributed by atoms with Crippen LogP contribution >= 0.6 is 0 Å². The smallest absolute Gasteiger partial charge is 0.326 e. The van der Waals surface area contributed by atoms with Crippen molar-refractivity contribution in [3.05, 3.63) is 0 Å². The van der Waals surface area contributed by atoms with Crippen LogP contribution in [0.2, 0.25) is 0 Å². The Morgan fingerprint density at radius 2 is 2.20 bits per heavy atom. The van der Waals surface area contributed by atoms with Gasteiger partial charge in [-0.2, -0.15) is 0 Å². The molecule has 114 valence electrons. The molecule has 2 atom stereocenters. The Morgan fingerprint density at radius 1 is 1.45 bits per heavy atom. The minimum Gasteiger partial charge on any atom is -0.480 e. The largest absolute Gasteiger partial charge is 0.480 e. The Kier molecular flexibility index (Phi) is 7.00. The number of carbonyl (C=O) groups excluding carboxylic acids is 2. The van der Waals surface area contributed by atoms with Gasteiger partial charge in [-0.3, -0.25) is 9.59 Å². The summed E-state index contributed by atoms with van der Waals surface area (Å²) in [5, 5.41) is 14.7. The molecule has 1 fully saturated rings. The van der Waals surface area contributed by atoms with Crippen LogP contribution in [0.4, 0.5) is 0 Å². The Bertz CT molecular complexity index is 353. The minimum absolute atomic E-state index is 0.0290. The Hall–Kier alpha value is -1.63. The van der Waals surface area contributed by atoms with Gasteiger partial charge in [0.1, 0.15) is 6.04 Å². The van der Waals surface area contributed by atoms with Gasteiger partial charge in [-0.15, -0.1) is 0 Å². The Morgan fingerprint density at radius 3 is 2.75 bits per heavy atom. The molecule has 20 heavy (non-hydrogen) atoms. The first kappa shape index (κ1) is 16.4. The van der Waals surface area contributed by atoms with Crippen molar-refractivity contribution in [1.82, 2.24) is 10.6 Å². The van der Waals surface area contributed by atoms with Crippen LogP contribution in [0.5, 0.6) is 0 Å². The van der Waals surface area contributed by atoms with E-state index >= 15 is 0 Å². The monoisotopic (exact) mass is 286 g/mol. The highest BCUT2D eigenvalue weighted by Gasteiger charge is 2.23. The molecule has 7 heteroatoms. The van der Waals surface area contributed by atoms with Gasteiger partial charge in [0.2, 0.25) is 5.91 Å². The van der Waals surface area contributed by atoms with E-state index in [0.29, 0.717) is 6.42 Å². The lowest BCUT2D eigenvalue weighted by Crippen LogP contribution is -2.43. The van der Waals surface area contributed by atoms with Crippen LogP contribution in [-0.2, 0) is 19.1 Å². The van der Waals surface area contributed by atoms with Gasteiger partial charge in [-0.25, -0.2) is 4.79 Å². The molecule has 0 aromatic carbocycles. The van der Waals surface area contributed by atoms with E-state index in [1.807, 2.05) is 0 Å². The molecule has 7 nitrogen and oxygen atoms in total. The molecule has 0 spiro atoms. The van der Waals surface area contributed by atoms with E-state index in [1.165, 1.54) is 7.11 Å². The summed E-state index contributed by atoms with van der Waals surface area (Å²) in [5.41, 5.74) is 0. The van der Waals surface area contributed by atoms with Gasteiger partial charge in [0.05, 0.1) is 7.11 Å². The van der Waals surface area contributed by atoms with Gasteiger partial charge in [-0.1, -0.05) is 0 Å². The fourth-order valence-electron chi connectivity index (χ4n) is 2.24. The van der Waals surface area contributed by atoms with Crippen LogP contribution in [0.15, 0.2) is 0 Å². The number of piperidine rings is 1. The average molecular weight is 286 g/mol. The number of methoxy groups -OCH3 is 1. The maximum atomic E-state index is 11.8. The first-order valence-electron chi connectivity index (χ1n) is 6.82. The standard InChI is InChI=1S/C13H22N2O5/c1-20-12(17)5-4-10(13(18)19)15-11(16)7-9-3-2-6-14-8-9/h9-10,14H,2-8H2,1H3,(H,15,16)(H,18,19)/t9?,10-/m1/s1. The average Bonchev–Trinajstić information content (AvgIpc) is 2.43. The molecule has 0 aromatic heterocycles. The van der Waals surface area contributed by atoms with E-state index in [-0.39, 0.29) is 24.7 Å². The highest BCUT2D eigenvalue weighted by atomic mass is 16.5. The van der Waals surface area contributed by atoms with Crippen molar-refractivity contribution < 1.29 is 24.2 Å². The number of esters is 1. The molecule has 1 rings (SSSR count). The first-order valence-corrected chi connectivity index (χ1v) is 6.82. The van der Waals surface area contributed by atoms with Crippen molar-refractivity contribution in [1.29, 1.82) is 0 Å². The number of carboxylic acid groups (broad SMARTS) is 1. The molecule has 1 aliphatic rings. The van der Waals surface area contributed by atoms with Crippen molar-refractivity contribution in [2.75, 3.05) is 20.2 Å². The summed E-state index contributed by atoms with van der Waals surface area (Å²) in [6.07, 6.45) is 2.33. The molecule has 0 aromatic rings. The van der Waals surface area contributed by atoms with E-state index in [2.05, 4.69) is 15.4 Å². The van der Waals surface area contributed by atoms with Crippen molar-refractivity contribution in [2.24, 2.45) is 5.92 Å². The van der Waals surface area contributed by atoms with Gasteiger partial charge in [0.15, 0.2) is 0 Å². The highest BCUT2D eigenvalue weighted by Crippen LogP contribution is 2.14. The number of aliphatic carboxylic acids is 1. The van der Waals surface area contributed by atoms with Gasteiger partial charge >= 0.3 is 11.9 Å². The summed E-state index contributed by atoms with van der Waals surface area (Å²) in [6.45, 7) is 1.75. The van der Waals surface area contributed by atoms with Crippen molar-refractivity contribution >= 4 is 17.8 Å². The molecular formula is C13H22N2O5. The number of amides is 1. The molecule has 0 bridgehead atoms. The van der Waals surface area contributed by atoms with Crippen LogP contribution in [-0.4, -0.2) is 49.2 Å². The number of nitrogens with one attached hydrogen (secondary N) is 2. The predicted octanol–water partition coefficient (Wildman–Crippen LogP) is -0.101. The Labute approximate surface area is 118 Å². The number of rotatable bonds is 7. The van der Waals surface area contributed by atoms with E-state index < -0.39 is 18.0 Å². The normalized spacial score (nSPS) is 19.9. The molecule has 1 amide bonds. The summed E-state index contributed by atoms with van der Waals surface area (Å²) in [4.78, 5) is 33.9. The zero-order chi connectivity index (χ0) is 15.0. The third-order valence-electron chi connectivity index (χ3n) is 3.37. The molecule has 1 heterocycles. The predicted molar refractivity (Wildman–Crippen MR) is 71.0 cm³/mol. The summed E-state index contributed by atoms with van der Waals surface area (Å²) in [7, 11) is 1.24. The highest BCUT2D eigenvalue weighted by molar-refractivity contribution is 5.84. The molecule has 3 N–H and O–H groups in total. The topological polar surface area (TPSA) is 105 Å². The molecule has 0 aliphatic carbocycles. The second-order valence-electron chi connectivity index (χ2n) is 4.99. The van der Waals surface area contributed by atoms with Crippen LogP contribution < -0.4 is 10.6 Å². The summed E-state index contributed by atoms with van der Waals surface area (Å²) in [5.74, 6) is -1.65. The molecule has 1 aliphatic heterocycles. The van der Waals surface area contributed by atoms with Crippen molar-refractivity contribution in [3.63, 3.8) is 0 Å². The molecule has 0 radical (unpaired) electrons. The van der Waals surface area contributed by atoms with Crippen LogP contribution in [0.25, 0.3) is 0 Å². The van der Waals surface area contributed by atoms with Crippen LogP contribution in [0, 0.1) is 5.92 Å². The van der Waals surface area contributed by atoms with Crippen molar-refractivity contribution in [3.8, 4) is 0 Å². The zero-order valence-corrected chi connectivity index (χ0v) is 11.7. The van der Waals surface area contributed by atoms with E-state index in [0.717, 1.165) is 25.9 Å². The zero-order valence-electron chi connectivity index (χ0n) is 11.7. The molecular weight excluding hydrogens is 264 g/mol.